The minimum absolute atomic E-state index is 0.196. The molecule has 0 bridgehead atoms. The summed E-state index contributed by atoms with van der Waals surface area (Å²) in [6, 6.07) is 6.73. The first kappa shape index (κ1) is 16.8. The molecule has 5 nitrogen and oxygen atoms in total. The second-order valence-corrected chi connectivity index (χ2v) is 4.89. The molecule has 20 heavy (non-hydrogen) atoms. The summed E-state index contributed by atoms with van der Waals surface area (Å²) in [6.45, 7) is 2.50. The summed E-state index contributed by atoms with van der Waals surface area (Å²) in [5.74, 6) is 0.196. The summed E-state index contributed by atoms with van der Waals surface area (Å²) in [7, 11) is 3.30. The smallest absolute Gasteiger partial charge is 0.115 e. The number of nitrogens with zero attached hydrogens (tertiary/aromatic N) is 1. The van der Waals surface area contributed by atoms with Gasteiger partial charge < -0.3 is 20.3 Å². The summed E-state index contributed by atoms with van der Waals surface area (Å²) in [5.41, 5.74) is 6.76. The van der Waals surface area contributed by atoms with Gasteiger partial charge in [-0.25, -0.2) is 0 Å². The third-order valence-corrected chi connectivity index (χ3v) is 3.21. The molecule has 0 aromatic heterocycles. The van der Waals surface area contributed by atoms with E-state index in [4.69, 9.17) is 27.4 Å². The molecular formula is C14H22N2O3S. The van der Waals surface area contributed by atoms with Crippen LogP contribution in [0.5, 0.6) is 5.75 Å². The van der Waals surface area contributed by atoms with E-state index in [1.54, 1.807) is 32.4 Å². The standard InChI is InChI=1S/C14H22N2O3S/c1-18-8-6-16(7-9-19-2)13(14(15)20)11-4-3-5-12(17)10-11/h3-5,10,13,17H,6-9H2,1-2H3,(H2,15,20). The highest BCUT2D eigenvalue weighted by atomic mass is 32.1. The van der Waals surface area contributed by atoms with Gasteiger partial charge in [-0.3, -0.25) is 4.90 Å². The van der Waals surface area contributed by atoms with E-state index in [0.29, 0.717) is 31.3 Å². The van der Waals surface area contributed by atoms with Crippen LogP contribution in [-0.2, 0) is 9.47 Å². The van der Waals surface area contributed by atoms with E-state index in [9.17, 15) is 5.11 Å². The number of hydrogen-bond donors (Lipinski definition) is 2. The molecule has 0 fully saturated rings. The van der Waals surface area contributed by atoms with Crippen molar-refractivity contribution >= 4 is 17.2 Å². The van der Waals surface area contributed by atoms with Crippen molar-refractivity contribution in [1.29, 1.82) is 0 Å². The number of phenols is 1. The SMILES string of the molecule is COCCN(CCOC)C(C(N)=S)c1cccc(O)c1. The third kappa shape index (κ3) is 5.05. The van der Waals surface area contributed by atoms with Crippen LogP contribution < -0.4 is 5.73 Å². The van der Waals surface area contributed by atoms with Gasteiger partial charge in [0, 0.05) is 27.3 Å². The van der Waals surface area contributed by atoms with E-state index >= 15 is 0 Å². The highest BCUT2D eigenvalue weighted by Gasteiger charge is 2.23. The first-order valence-corrected chi connectivity index (χ1v) is 6.81. The fourth-order valence-electron chi connectivity index (χ4n) is 2.04. The summed E-state index contributed by atoms with van der Waals surface area (Å²) in [5, 5.41) is 9.63. The molecule has 1 rings (SSSR count). The molecule has 112 valence electrons. The molecule has 3 N–H and O–H groups in total. The first-order chi connectivity index (χ1) is 9.60. The lowest BCUT2D eigenvalue weighted by Gasteiger charge is -2.31. The molecular weight excluding hydrogens is 276 g/mol. The monoisotopic (exact) mass is 298 g/mol. The number of benzene rings is 1. The Morgan fingerprint density at radius 1 is 1.30 bits per heavy atom. The van der Waals surface area contributed by atoms with Crippen molar-refractivity contribution in [2.45, 2.75) is 6.04 Å². The van der Waals surface area contributed by atoms with E-state index in [0.717, 1.165) is 5.56 Å². The van der Waals surface area contributed by atoms with Crippen molar-refractivity contribution < 1.29 is 14.6 Å². The zero-order chi connectivity index (χ0) is 15.0. The van der Waals surface area contributed by atoms with Crippen LogP contribution in [0.1, 0.15) is 11.6 Å². The molecule has 1 atom stereocenters. The van der Waals surface area contributed by atoms with Gasteiger partial charge >= 0.3 is 0 Å². The quantitative estimate of drug-likeness (QED) is 0.670. The topological polar surface area (TPSA) is 68.0 Å². The number of aromatic hydroxyl groups is 1. The number of thiocarbonyl (C=S) groups is 1. The summed E-state index contributed by atoms with van der Waals surface area (Å²) < 4.78 is 10.3. The van der Waals surface area contributed by atoms with Crippen LogP contribution in [0.15, 0.2) is 24.3 Å². The van der Waals surface area contributed by atoms with Gasteiger partial charge in [-0.05, 0) is 17.7 Å². The van der Waals surface area contributed by atoms with Gasteiger partial charge in [-0.1, -0.05) is 24.4 Å². The Bertz CT molecular complexity index is 421. The van der Waals surface area contributed by atoms with Gasteiger partial charge in [0.15, 0.2) is 0 Å². The predicted octanol–water partition coefficient (Wildman–Crippen LogP) is 1.31. The molecule has 0 heterocycles. The molecule has 0 aliphatic heterocycles. The van der Waals surface area contributed by atoms with Crippen molar-refractivity contribution in [1.82, 2.24) is 4.90 Å². The Morgan fingerprint density at radius 3 is 2.35 bits per heavy atom. The van der Waals surface area contributed by atoms with Gasteiger partial charge in [-0.15, -0.1) is 0 Å². The normalized spacial score (nSPS) is 12.6. The third-order valence-electron chi connectivity index (χ3n) is 2.99. The van der Waals surface area contributed by atoms with Crippen LogP contribution in [0.25, 0.3) is 0 Å². The predicted molar refractivity (Wildman–Crippen MR) is 83.0 cm³/mol. The van der Waals surface area contributed by atoms with Gasteiger partial charge in [0.25, 0.3) is 0 Å². The van der Waals surface area contributed by atoms with Crippen molar-refractivity contribution in [2.24, 2.45) is 5.73 Å². The van der Waals surface area contributed by atoms with Crippen LogP contribution in [0.3, 0.4) is 0 Å². The van der Waals surface area contributed by atoms with Crippen LogP contribution in [-0.4, -0.2) is 55.5 Å². The number of rotatable bonds is 9. The van der Waals surface area contributed by atoms with Gasteiger partial charge in [0.2, 0.25) is 0 Å². The van der Waals surface area contributed by atoms with E-state index in [2.05, 4.69) is 4.90 Å². The average Bonchev–Trinajstić information content (AvgIpc) is 2.41. The van der Waals surface area contributed by atoms with E-state index in [-0.39, 0.29) is 11.8 Å². The van der Waals surface area contributed by atoms with Crippen LogP contribution in [0.4, 0.5) is 0 Å². The highest BCUT2D eigenvalue weighted by Crippen LogP contribution is 2.24. The van der Waals surface area contributed by atoms with Crippen molar-refractivity contribution in [3.05, 3.63) is 29.8 Å². The molecule has 0 aliphatic carbocycles. The molecule has 0 spiro atoms. The summed E-state index contributed by atoms with van der Waals surface area (Å²) in [6.07, 6.45) is 0. The zero-order valence-electron chi connectivity index (χ0n) is 11.9. The fraction of sp³-hybridized carbons (Fsp3) is 0.500. The molecule has 0 saturated heterocycles. The lowest BCUT2D eigenvalue weighted by atomic mass is 10.0. The van der Waals surface area contributed by atoms with Crippen molar-refractivity contribution in [3.63, 3.8) is 0 Å². The number of nitrogens with two attached hydrogens (primary N) is 1. The van der Waals surface area contributed by atoms with Crippen LogP contribution in [0, 0.1) is 0 Å². The highest BCUT2D eigenvalue weighted by molar-refractivity contribution is 7.80. The lowest BCUT2D eigenvalue weighted by molar-refractivity contribution is 0.104. The molecule has 1 aromatic carbocycles. The molecule has 0 amide bonds. The molecule has 1 unspecified atom stereocenters. The summed E-state index contributed by atoms with van der Waals surface area (Å²) in [4.78, 5) is 2.45. The lowest BCUT2D eigenvalue weighted by Crippen LogP contribution is -2.40. The number of methoxy groups -OCH3 is 2. The van der Waals surface area contributed by atoms with Gasteiger partial charge in [0.1, 0.15) is 5.75 Å². The maximum Gasteiger partial charge on any atom is 0.115 e. The minimum Gasteiger partial charge on any atom is -0.508 e. The number of ether oxygens (including phenoxy) is 2. The summed E-state index contributed by atoms with van der Waals surface area (Å²) >= 11 is 5.19. The Balaban J connectivity index is 2.97. The van der Waals surface area contributed by atoms with Crippen molar-refractivity contribution in [2.75, 3.05) is 40.5 Å². The molecule has 6 heteroatoms. The van der Waals surface area contributed by atoms with Crippen LogP contribution >= 0.6 is 12.2 Å². The zero-order valence-corrected chi connectivity index (χ0v) is 12.7. The van der Waals surface area contributed by atoms with Gasteiger partial charge in [-0.2, -0.15) is 0 Å². The second kappa shape index (κ2) is 8.86. The second-order valence-electron chi connectivity index (χ2n) is 4.42. The van der Waals surface area contributed by atoms with Gasteiger partial charge in [0.05, 0.1) is 24.2 Å². The molecule has 0 saturated carbocycles. The van der Waals surface area contributed by atoms with Crippen LogP contribution in [0.2, 0.25) is 0 Å². The maximum absolute atomic E-state index is 9.63. The molecule has 0 radical (unpaired) electrons. The van der Waals surface area contributed by atoms with E-state index in [1.807, 2.05) is 6.07 Å². The first-order valence-electron chi connectivity index (χ1n) is 6.40. The average molecular weight is 298 g/mol. The minimum atomic E-state index is -0.248. The maximum atomic E-state index is 9.63. The number of phenolic OH excluding ortho intramolecular Hbond substituents is 1. The Labute approximate surface area is 125 Å². The number of hydrogen-bond acceptors (Lipinski definition) is 5. The van der Waals surface area contributed by atoms with E-state index < -0.39 is 0 Å². The Hall–Kier alpha value is -1.21. The fourth-order valence-corrected chi connectivity index (χ4v) is 2.32. The molecule has 1 aromatic rings. The Morgan fingerprint density at radius 2 is 1.90 bits per heavy atom. The molecule has 0 aliphatic rings. The largest absolute Gasteiger partial charge is 0.508 e. The van der Waals surface area contributed by atoms with E-state index in [1.165, 1.54) is 0 Å². The van der Waals surface area contributed by atoms with Crippen molar-refractivity contribution in [3.8, 4) is 5.75 Å². The Kier molecular flexibility index (Phi) is 7.46.